The van der Waals surface area contributed by atoms with Gasteiger partial charge in [0.2, 0.25) is 5.91 Å². The molecule has 3 fully saturated rings. The molecule has 5 rings (SSSR count). The van der Waals surface area contributed by atoms with E-state index in [0.29, 0.717) is 24.0 Å². The number of carbonyl (C=O) groups is 1. The average Bonchev–Trinajstić information content (AvgIpc) is 3.53. The first-order chi connectivity index (χ1) is 15.1. The number of amides is 1. The molecule has 1 aliphatic heterocycles. The highest BCUT2D eigenvalue weighted by Gasteiger charge is 2.45. The van der Waals surface area contributed by atoms with Gasteiger partial charge in [0.15, 0.2) is 0 Å². The van der Waals surface area contributed by atoms with Crippen LogP contribution < -0.4 is 0 Å². The highest BCUT2D eigenvalue weighted by molar-refractivity contribution is 5.79. The van der Waals surface area contributed by atoms with Gasteiger partial charge in [0.25, 0.3) is 0 Å². The van der Waals surface area contributed by atoms with Crippen LogP contribution in [0.15, 0.2) is 30.7 Å². The molecule has 1 saturated heterocycles. The van der Waals surface area contributed by atoms with Crippen molar-refractivity contribution in [2.45, 2.75) is 62.7 Å². The molecule has 0 unspecified atom stereocenters. The van der Waals surface area contributed by atoms with E-state index in [1.54, 1.807) is 19.5 Å². The summed E-state index contributed by atoms with van der Waals surface area (Å²) in [6.45, 7) is 1.57. The Morgan fingerprint density at radius 1 is 1.26 bits per heavy atom. The summed E-state index contributed by atoms with van der Waals surface area (Å²) in [4.78, 5) is 19.0. The van der Waals surface area contributed by atoms with Gasteiger partial charge in [-0.2, -0.15) is 0 Å². The van der Waals surface area contributed by atoms with Crippen molar-refractivity contribution in [1.29, 1.82) is 0 Å². The van der Waals surface area contributed by atoms with Gasteiger partial charge in [0.05, 0.1) is 24.8 Å². The SMILES string of the molecule is CO[C@@H]1C[C@H]2CN(C(=O)Cc3cccnc3)C[C@H]2C[C@H]1n1cc(C2(O)CCCC2)nn1. The van der Waals surface area contributed by atoms with Crippen LogP contribution in [0, 0.1) is 11.8 Å². The molecule has 0 spiro atoms. The first kappa shape index (κ1) is 20.6. The van der Waals surface area contributed by atoms with Gasteiger partial charge in [-0.05, 0) is 49.1 Å². The largest absolute Gasteiger partial charge is 0.383 e. The normalized spacial score (nSPS) is 29.8. The smallest absolute Gasteiger partial charge is 0.227 e. The fourth-order valence-electron chi connectivity index (χ4n) is 5.78. The van der Waals surface area contributed by atoms with Crippen molar-refractivity contribution >= 4 is 5.91 Å². The Kier molecular flexibility index (Phi) is 5.52. The molecule has 166 valence electrons. The van der Waals surface area contributed by atoms with Crippen molar-refractivity contribution in [3.8, 4) is 0 Å². The van der Waals surface area contributed by atoms with Crippen LogP contribution in [-0.2, 0) is 21.6 Å². The summed E-state index contributed by atoms with van der Waals surface area (Å²) in [6.07, 6.45) is 11.2. The van der Waals surface area contributed by atoms with E-state index >= 15 is 0 Å². The third-order valence-corrected chi connectivity index (χ3v) is 7.58. The number of aliphatic hydroxyl groups is 1. The maximum absolute atomic E-state index is 12.9. The van der Waals surface area contributed by atoms with Gasteiger partial charge < -0.3 is 14.7 Å². The number of carbonyl (C=O) groups excluding carboxylic acids is 1. The summed E-state index contributed by atoms with van der Waals surface area (Å²) in [5, 5.41) is 19.6. The van der Waals surface area contributed by atoms with E-state index in [-0.39, 0.29) is 18.1 Å². The molecule has 0 aromatic carbocycles. The van der Waals surface area contributed by atoms with E-state index in [4.69, 9.17) is 4.74 Å². The molecule has 4 atom stereocenters. The fraction of sp³-hybridized carbons (Fsp3) is 0.652. The fourth-order valence-corrected chi connectivity index (χ4v) is 5.78. The van der Waals surface area contributed by atoms with E-state index in [9.17, 15) is 9.90 Å². The lowest BCUT2D eigenvalue weighted by Gasteiger charge is -2.36. The molecule has 2 aromatic heterocycles. The number of nitrogens with zero attached hydrogens (tertiary/aromatic N) is 5. The number of methoxy groups -OCH3 is 1. The van der Waals surface area contributed by atoms with Crippen LogP contribution in [0.3, 0.4) is 0 Å². The molecule has 2 saturated carbocycles. The quantitative estimate of drug-likeness (QED) is 0.789. The van der Waals surface area contributed by atoms with Crippen molar-refractivity contribution in [2.75, 3.05) is 20.2 Å². The topological polar surface area (TPSA) is 93.4 Å². The van der Waals surface area contributed by atoms with E-state index < -0.39 is 5.60 Å². The van der Waals surface area contributed by atoms with Crippen LogP contribution >= 0.6 is 0 Å². The van der Waals surface area contributed by atoms with E-state index in [1.165, 1.54) is 0 Å². The van der Waals surface area contributed by atoms with Gasteiger partial charge in [-0.3, -0.25) is 9.78 Å². The lowest BCUT2D eigenvalue weighted by atomic mass is 9.77. The molecule has 0 radical (unpaired) electrons. The van der Waals surface area contributed by atoms with Crippen LogP contribution in [0.1, 0.15) is 55.8 Å². The van der Waals surface area contributed by atoms with Crippen molar-refractivity contribution in [3.05, 3.63) is 42.0 Å². The summed E-state index contributed by atoms with van der Waals surface area (Å²) in [6, 6.07) is 3.89. The highest BCUT2D eigenvalue weighted by Crippen LogP contribution is 2.43. The van der Waals surface area contributed by atoms with Gasteiger partial charge >= 0.3 is 0 Å². The lowest BCUT2D eigenvalue weighted by Crippen LogP contribution is -2.37. The van der Waals surface area contributed by atoms with Crippen LogP contribution in [0.25, 0.3) is 0 Å². The van der Waals surface area contributed by atoms with Crippen molar-refractivity contribution in [2.24, 2.45) is 11.8 Å². The predicted molar refractivity (Wildman–Crippen MR) is 113 cm³/mol. The molecule has 3 heterocycles. The standard InChI is InChI=1S/C23H31N5O3/c1-31-20-11-18-14-27(22(29)9-16-5-4-8-24-12-16)13-17(18)10-19(20)28-15-21(25-26-28)23(30)6-2-3-7-23/h4-5,8,12,15,17-20,30H,2-3,6-7,9-11,13-14H2,1H3/t17-,18+,19-,20-/m1/s1. The maximum Gasteiger partial charge on any atom is 0.227 e. The maximum atomic E-state index is 12.9. The summed E-state index contributed by atoms with van der Waals surface area (Å²) >= 11 is 0. The molecule has 1 N–H and O–H groups in total. The average molecular weight is 426 g/mol. The van der Waals surface area contributed by atoms with E-state index in [1.807, 2.05) is 27.9 Å². The molecule has 31 heavy (non-hydrogen) atoms. The van der Waals surface area contributed by atoms with Crippen LogP contribution in [0.2, 0.25) is 0 Å². The zero-order valence-corrected chi connectivity index (χ0v) is 18.1. The van der Waals surface area contributed by atoms with Gasteiger partial charge in [0.1, 0.15) is 11.3 Å². The zero-order valence-electron chi connectivity index (χ0n) is 18.1. The second-order valence-corrected chi connectivity index (χ2v) is 9.49. The first-order valence-electron chi connectivity index (χ1n) is 11.4. The molecular formula is C23H31N5O3. The Morgan fingerprint density at radius 2 is 2.03 bits per heavy atom. The first-order valence-corrected chi connectivity index (χ1v) is 11.4. The van der Waals surface area contributed by atoms with E-state index in [2.05, 4.69) is 15.3 Å². The van der Waals surface area contributed by atoms with Crippen molar-refractivity contribution < 1.29 is 14.6 Å². The number of pyridine rings is 1. The molecule has 0 bridgehead atoms. The monoisotopic (exact) mass is 425 g/mol. The number of fused-ring (bicyclic) bond motifs is 1. The third-order valence-electron chi connectivity index (χ3n) is 7.58. The summed E-state index contributed by atoms with van der Waals surface area (Å²) in [5.41, 5.74) is 0.803. The van der Waals surface area contributed by atoms with Crippen LogP contribution in [-0.4, -0.2) is 62.2 Å². The number of likely N-dealkylation sites (tertiary alicyclic amines) is 1. The van der Waals surface area contributed by atoms with Gasteiger partial charge in [0, 0.05) is 32.6 Å². The molecule has 2 aromatic rings. The van der Waals surface area contributed by atoms with Crippen LogP contribution in [0.4, 0.5) is 0 Å². The lowest BCUT2D eigenvalue weighted by molar-refractivity contribution is -0.129. The minimum Gasteiger partial charge on any atom is -0.383 e. The van der Waals surface area contributed by atoms with Crippen molar-refractivity contribution in [1.82, 2.24) is 24.9 Å². The number of ether oxygens (including phenoxy) is 1. The summed E-state index contributed by atoms with van der Waals surface area (Å²) in [7, 11) is 1.75. The molecule has 2 aliphatic carbocycles. The highest BCUT2D eigenvalue weighted by atomic mass is 16.5. The minimum absolute atomic E-state index is 0.0300. The number of aromatic nitrogens is 4. The number of rotatable bonds is 5. The second kappa shape index (κ2) is 8.31. The molecule has 1 amide bonds. The molecule has 3 aliphatic rings. The Balaban J connectivity index is 1.28. The van der Waals surface area contributed by atoms with Crippen LogP contribution in [0.5, 0.6) is 0 Å². The summed E-state index contributed by atoms with van der Waals surface area (Å²) in [5.74, 6) is 1.04. The third kappa shape index (κ3) is 3.99. The minimum atomic E-state index is -0.832. The van der Waals surface area contributed by atoms with Crippen molar-refractivity contribution in [3.63, 3.8) is 0 Å². The Hall–Kier alpha value is -2.32. The zero-order chi connectivity index (χ0) is 21.4. The van der Waals surface area contributed by atoms with Gasteiger partial charge in [-0.25, -0.2) is 4.68 Å². The Labute approximate surface area is 182 Å². The predicted octanol–water partition coefficient (Wildman–Crippen LogP) is 2.10. The van der Waals surface area contributed by atoms with E-state index in [0.717, 1.165) is 57.2 Å². The second-order valence-electron chi connectivity index (χ2n) is 9.49. The van der Waals surface area contributed by atoms with Gasteiger partial charge in [-0.15, -0.1) is 5.10 Å². The molecular weight excluding hydrogens is 394 g/mol. The Bertz CT molecular complexity index is 911. The Morgan fingerprint density at radius 3 is 2.74 bits per heavy atom. The number of hydrogen-bond donors (Lipinski definition) is 1. The molecule has 8 nitrogen and oxygen atoms in total. The summed E-state index contributed by atoms with van der Waals surface area (Å²) < 4.78 is 7.75. The van der Waals surface area contributed by atoms with Gasteiger partial charge in [-0.1, -0.05) is 24.1 Å². The number of hydrogen-bond acceptors (Lipinski definition) is 6. The molecule has 8 heteroatoms.